The van der Waals surface area contributed by atoms with E-state index in [2.05, 4.69) is 30.7 Å². The van der Waals surface area contributed by atoms with Crippen LogP contribution >= 0.6 is 39.1 Å². The van der Waals surface area contributed by atoms with Gasteiger partial charge in [-0.3, -0.25) is 9.09 Å². The van der Waals surface area contributed by atoms with E-state index in [1.165, 1.54) is 4.57 Å². The molecule has 2 aromatic heterocycles. The van der Waals surface area contributed by atoms with Gasteiger partial charge in [0.25, 0.3) is 0 Å². The lowest BCUT2D eigenvalue weighted by Gasteiger charge is -2.03. The molecule has 0 aliphatic rings. The molecule has 0 N–H and O–H groups in total. The van der Waals surface area contributed by atoms with Crippen LogP contribution in [-0.4, -0.2) is 19.3 Å². The van der Waals surface area contributed by atoms with Gasteiger partial charge in [0.05, 0.1) is 6.54 Å². The highest BCUT2D eigenvalue weighted by atomic mass is 79.9. The molecule has 0 atom stereocenters. The molecule has 0 aliphatic heterocycles. The number of nitrogens with zero attached hydrogens (tertiary/aromatic N) is 4. The molecule has 2 heterocycles. The van der Waals surface area contributed by atoms with Crippen molar-refractivity contribution in [2.75, 3.05) is 0 Å². The summed E-state index contributed by atoms with van der Waals surface area (Å²) >= 11 is 10.4. The number of benzene rings is 1. The first kappa shape index (κ1) is 13.5. The number of halogens is 2. The normalized spacial score (nSPS) is 10.9. The van der Waals surface area contributed by atoms with Crippen molar-refractivity contribution in [3.05, 3.63) is 49.3 Å². The molecule has 20 heavy (non-hydrogen) atoms. The van der Waals surface area contributed by atoms with E-state index in [1.54, 1.807) is 0 Å². The molecule has 6 nitrogen and oxygen atoms in total. The molecule has 3 rings (SSSR count). The first-order valence-electron chi connectivity index (χ1n) is 5.44. The number of rotatable bonds is 3. The summed E-state index contributed by atoms with van der Waals surface area (Å²) in [5.74, 6) is -0.149. The van der Waals surface area contributed by atoms with E-state index >= 15 is 0 Å². The third kappa shape index (κ3) is 2.54. The fourth-order valence-corrected chi connectivity index (χ4v) is 2.70. The second-order valence-corrected chi connectivity index (χ2v) is 6.13. The van der Waals surface area contributed by atoms with Gasteiger partial charge in [-0.05, 0) is 12.1 Å². The summed E-state index contributed by atoms with van der Waals surface area (Å²) < 4.78 is 11.2. The highest BCUT2D eigenvalue weighted by Gasteiger charge is 2.16. The Hall–Kier alpha value is -1.51. The van der Waals surface area contributed by atoms with Crippen molar-refractivity contribution in [2.24, 2.45) is 0 Å². The summed E-state index contributed by atoms with van der Waals surface area (Å²) in [5.41, 5.74) is 1.27. The van der Waals surface area contributed by atoms with E-state index in [0.717, 1.165) is 21.6 Å². The molecule has 1 aromatic carbocycles. The number of aromatic nitrogens is 4. The van der Waals surface area contributed by atoms with Crippen LogP contribution in [0.2, 0.25) is 4.34 Å². The minimum Gasteiger partial charge on any atom is -0.295 e. The lowest BCUT2D eigenvalue weighted by molar-refractivity contribution is 0.378. The summed E-state index contributed by atoms with van der Waals surface area (Å²) in [6.07, 6.45) is 0. The first-order chi connectivity index (χ1) is 9.65. The third-order valence-electron chi connectivity index (χ3n) is 2.59. The van der Waals surface area contributed by atoms with Crippen LogP contribution in [0.25, 0.3) is 11.4 Å². The molecule has 0 saturated carbocycles. The van der Waals surface area contributed by atoms with Crippen LogP contribution in [0.3, 0.4) is 0 Å². The highest BCUT2D eigenvalue weighted by Crippen LogP contribution is 2.23. The van der Waals surface area contributed by atoms with Gasteiger partial charge in [0.15, 0.2) is 5.82 Å². The van der Waals surface area contributed by atoms with Gasteiger partial charge in [0.2, 0.25) is 0 Å². The molecule has 0 radical (unpaired) electrons. The minimum atomic E-state index is -0.566. The fourth-order valence-electron chi connectivity index (χ4n) is 1.68. The van der Waals surface area contributed by atoms with Crippen LogP contribution in [0.5, 0.6) is 0 Å². The van der Waals surface area contributed by atoms with Crippen LogP contribution in [0.15, 0.2) is 38.1 Å². The highest BCUT2D eigenvalue weighted by molar-refractivity contribution is 9.10. The minimum absolute atomic E-state index is 0.166. The van der Waals surface area contributed by atoms with Crippen LogP contribution in [0, 0.1) is 0 Å². The van der Waals surface area contributed by atoms with Crippen LogP contribution < -0.4 is 5.76 Å². The molecule has 0 saturated heterocycles. The lowest BCUT2D eigenvalue weighted by atomic mass is 10.2. The Morgan fingerprint density at radius 2 is 2.30 bits per heavy atom. The van der Waals surface area contributed by atoms with Gasteiger partial charge in [0.1, 0.15) is 10.0 Å². The molecule has 0 aliphatic carbocycles. The second kappa shape index (κ2) is 5.47. The van der Waals surface area contributed by atoms with Crippen molar-refractivity contribution in [3.63, 3.8) is 0 Å². The molecule has 102 valence electrons. The van der Waals surface area contributed by atoms with Crippen molar-refractivity contribution in [3.8, 4) is 11.4 Å². The van der Waals surface area contributed by atoms with Crippen molar-refractivity contribution < 1.29 is 4.52 Å². The van der Waals surface area contributed by atoms with Crippen molar-refractivity contribution >= 4 is 39.1 Å². The summed E-state index contributed by atoms with van der Waals surface area (Å²) in [7, 11) is 0. The Kier molecular flexibility index (Phi) is 3.68. The van der Waals surface area contributed by atoms with E-state index in [1.807, 2.05) is 24.3 Å². The van der Waals surface area contributed by atoms with Crippen LogP contribution in [0.4, 0.5) is 0 Å². The van der Waals surface area contributed by atoms with E-state index in [0.29, 0.717) is 15.9 Å². The van der Waals surface area contributed by atoms with Gasteiger partial charge in [-0.1, -0.05) is 49.3 Å². The zero-order valence-electron chi connectivity index (χ0n) is 9.79. The molecule has 0 unspecified atom stereocenters. The van der Waals surface area contributed by atoms with Gasteiger partial charge in [0, 0.05) is 21.6 Å². The van der Waals surface area contributed by atoms with E-state index in [9.17, 15) is 4.79 Å². The van der Waals surface area contributed by atoms with Gasteiger partial charge in [-0.2, -0.15) is 0 Å². The molecule has 3 aromatic rings. The maximum atomic E-state index is 11.8. The van der Waals surface area contributed by atoms with E-state index < -0.39 is 5.76 Å². The predicted octanol–water partition coefficient (Wildman–Crippen LogP) is 2.82. The van der Waals surface area contributed by atoms with Crippen LogP contribution in [0.1, 0.15) is 5.69 Å². The summed E-state index contributed by atoms with van der Waals surface area (Å²) in [6, 6.07) is 7.40. The maximum Gasteiger partial charge on any atom is 0.442 e. The average Bonchev–Trinajstić information content (AvgIpc) is 2.98. The van der Waals surface area contributed by atoms with Crippen molar-refractivity contribution in [1.29, 1.82) is 0 Å². The number of hydrogen-bond acceptors (Lipinski definition) is 6. The van der Waals surface area contributed by atoms with Crippen molar-refractivity contribution in [2.45, 2.75) is 6.54 Å². The Bertz CT molecular complexity index is 813. The Morgan fingerprint density at radius 1 is 1.45 bits per heavy atom. The summed E-state index contributed by atoms with van der Waals surface area (Å²) in [6.45, 7) is 0.166. The fraction of sp³-hybridized carbons (Fsp3) is 0.0909. The van der Waals surface area contributed by atoms with Gasteiger partial charge >= 0.3 is 5.76 Å². The standard InChI is InChI=1S/C11H6BrClN4O2S/c12-7-3-1-2-6(4-7)10-15-19-11(18)17(10)5-8-9(13)20-16-14-8/h1-4H,5H2. The predicted molar refractivity (Wildman–Crippen MR) is 77.9 cm³/mol. The maximum absolute atomic E-state index is 11.8. The first-order valence-corrected chi connectivity index (χ1v) is 7.39. The molecular formula is C11H6BrClN4O2S. The van der Waals surface area contributed by atoms with E-state index in [-0.39, 0.29) is 6.54 Å². The molecule has 0 bridgehead atoms. The van der Waals surface area contributed by atoms with Gasteiger partial charge < -0.3 is 0 Å². The van der Waals surface area contributed by atoms with Crippen molar-refractivity contribution in [1.82, 2.24) is 19.3 Å². The van der Waals surface area contributed by atoms with E-state index in [4.69, 9.17) is 16.1 Å². The molecular weight excluding hydrogens is 368 g/mol. The molecule has 9 heteroatoms. The monoisotopic (exact) mass is 372 g/mol. The SMILES string of the molecule is O=c1onc(-c2cccc(Br)c2)n1Cc1nnsc1Cl. The molecule has 0 amide bonds. The Balaban J connectivity index is 2.06. The smallest absolute Gasteiger partial charge is 0.295 e. The van der Waals surface area contributed by atoms with Gasteiger partial charge in [-0.15, -0.1) is 5.10 Å². The third-order valence-corrected chi connectivity index (χ3v) is 4.06. The van der Waals surface area contributed by atoms with Crippen LogP contribution in [-0.2, 0) is 6.54 Å². The summed E-state index contributed by atoms with van der Waals surface area (Å²) in [4.78, 5) is 11.8. The lowest BCUT2D eigenvalue weighted by Crippen LogP contribution is -2.16. The Labute approximate surface area is 130 Å². The largest absolute Gasteiger partial charge is 0.442 e. The zero-order valence-corrected chi connectivity index (χ0v) is 12.9. The van der Waals surface area contributed by atoms with Gasteiger partial charge in [-0.25, -0.2) is 4.79 Å². The molecule has 0 spiro atoms. The topological polar surface area (TPSA) is 73.8 Å². The molecule has 0 fully saturated rings. The second-order valence-electron chi connectivity index (χ2n) is 3.86. The summed E-state index contributed by atoms with van der Waals surface area (Å²) in [5, 5.41) is 7.69. The number of hydrogen-bond donors (Lipinski definition) is 0. The zero-order chi connectivity index (χ0) is 14.1. The average molecular weight is 374 g/mol. The Morgan fingerprint density at radius 3 is 3.00 bits per heavy atom. The quantitative estimate of drug-likeness (QED) is 0.706.